The van der Waals surface area contributed by atoms with E-state index in [9.17, 15) is 9.59 Å². The molecule has 0 aliphatic rings. The molecule has 1 N–H and O–H groups in total. The molecule has 0 unspecified atom stereocenters. The highest BCUT2D eigenvalue weighted by Crippen LogP contribution is 2.00. The number of hydrogen-bond acceptors (Lipinski definition) is 2. The Morgan fingerprint density at radius 1 is 1.53 bits per heavy atom. The molecule has 0 atom stereocenters. The average Bonchev–Trinajstić information content (AvgIpc) is 2.20. The molecule has 80 valence electrons. The monoisotopic (exact) mass is 207 g/mol. The molecule has 1 aromatic rings. The molecule has 0 aliphatic heterocycles. The molecule has 0 saturated carbocycles. The average molecular weight is 207 g/mol. The van der Waals surface area contributed by atoms with Crippen LogP contribution in [0.1, 0.15) is 23.3 Å². The van der Waals surface area contributed by atoms with E-state index in [1.54, 1.807) is 6.08 Å². The first kappa shape index (κ1) is 11.2. The molecule has 4 heteroatoms. The van der Waals surface area contributed by atoms with Gasteiger partial charge in [-0.2, -0.15) is 0 Å². The lowest BCUT2D eigenvalue weighted by molar-refractivity contribution is 0.0683. The van der Waals surface area contributed by atoms with Crippen LogP contribution in [0.2, 0.25) is 0 Å². The van der Waals surface area contributed by atoms with Crippen molar-refractivity contribution >= 4 is 5.97 Å². The largest absolute Gasteiger partial charge is 0.477 e. The van der Waals surface area contributed by atoms with Gasteiger partial charge < -0.3 is 9.67 Å². The van der Waals surface area contributed by atoms with E-state index < -0.39 is 5.97 Å². The SMILES string of the molecule is C=CCCCn1c(C(=O)O)cccc1=O. The van der Waals surface area contributed by atoms with Crippen LogP contribution in [0.15, 0.2) is 35.6 Å². The third kappa shape index (κ3) is 2.80. The summed E-state index contributed by atoms with van der Waals surface area (Å²) in [4.78, 5) is 22.2. The van der Waals surface area contributed by atoms with Crippen molar-refractivity contribution in [2.45, 2.75) is 19.4 Å². The quantitative estimate of drug-likeness (QED) is 0.588. The van der Waals surface area contributed by atoms with Crippen molar-refractivity contribution in [3.63, 3.8) is 0 Å². The van der Waals surface area contributed by atoms with Crippen LogP contribution in [0.5, 0.6) is 0 Å². The van der Waals surface area contributed by atoms with Crippen molar-refractivity contribution in [1.29, 1.82) is 0 Å². The van der Waals surface area contributed by atoms with Crippen LogP contribution in [0, 0.1) is 0 Å². The van der Waals surface area contributed by atoms with Crippen molar-refractivity contribution in [1.82, 2.24) is 4.57 Å². The highest BCUT2D eigenvalue weighted by Gasteiger charge is 2.09. The number of allylic oxidation sites excluding steroid dienone is 1. The normalized spacial score (nSPS) is 9.87. The molecule has 0 radical (unpaired) electrons. The van der Waals surface area contributed by atoms with Crippen molar-refractivity contribution in [3.05, 3.63) is 46.9 Å². The zero-order valence-corrected chi connectivity index (χ0v) is 8.35. The summed E-state index contributed by atoms with van der Waals surface area (Å²) in [5.41, 5.74) is -0.245. The van der Waals surface area contributed by atoms with Gasteiger partial charge in [0.05, 0.1) is 0 Å². The topological polar surface area (TPSA) is 59.3 Å². The lowest BCUT2D eigenvalue weighted by Crippen LogP contribution is -2.24. The molecule has 0 aromatic carbocycles. The number of carbonyl (C=O) groups is 1. The first-order chi connectivity index (χ1) is 7.16. The summed E-state index contributed by atoms with van der Waals surface area (Å²) in [6.07, 6.45) is 3.22. The van der Waals surface area contributed by atoms with Crippen LogP contribution in [0.25, 0.3) is 0 Å². The Balaban J connectivity index is 2.97. The minimum absolute atomic E-state index is 0.0339. The second kappa shape index (κ2) is 5.14. The van der Waals surface area contributed by atoms with Gasteiger partial charge in [-0.25, -0.2) is 4.79 Å². The fourth-order valence-corrected chi connectivity index (χ4v) is 1.33. The number of carboxylic acids is 1. The maximum Gasteiger partial charge on any atom is 0.352 e. The van der Waals surface area contributed by atoms with E-state index in [1.165, 1.54) is 22.8 Å². The van der Waals surface area contributed by atoms with Gasteiger partial charge in [-0.3, -0.25) is 4.79 Å². The molecular formula is C11H13NO3. The third-order valence-corrected chi connectivity index (χ3v) is 2.06. The number of carboxylic acid groups (broad SMARTS) is 1. The van der Waals surface area contributed by atoms with Gasteiger partial charge in [-0.05, 0) is 18.9 Å². The Morgan fingerprint density at radius 3 is 2.87 bits per heavy atom. The summed E-state index contributed by atoms with van der Waals surface area (Å²) in [7, 11) is 0. The van der Waals surface area contributed by atoms with Crippen LogP contribution in [0.3, 0.4) is 0 Å². The summed E-state index contributed by atoms with van der Waals surface area (Å²) in [6.45, 7) is 3.98. The van der Waals surface area contributed by atoms with E-state index in [0.29, 0.717) is 13.0 Å². The molecule has 15 heavy (non-hydrogen) atoms. The second-order valence-electron chi connectivity index (χ2n) is 3.14. The van der Waals surface area contributed by atoms with Crippen LogP contribution in [0.4, 0.5) is 0 Å². The minimum Gasteiger partial charge on any atom is -0.477 e. The predicted octanol–water partition coefficient (Wildman–Crippen LogP) is 1.51. The predicted molar refractivity (Wildman–Crippen MR) is 57.1 cm³/mol. The lowest BCUT2D eigenvalue weighted by atomic mass is 10.2. The Bertz CT molecular complexity index is 420. The van der Waals surface area contributed by atoms with E-state index in [0.717, 1.165) is 6.42 Å². The molecule has 1 aromatic heterocycles. The Kier molecular flexibility index (Phi) is 3.85. The van der Waals surface area contributed by atoms with Crippen LogP contribution >= 0.6 is 0 Å². The number of unbranched alkanes of at least 4 members (excludes halogenated alkanes) is 1. The fourth-order valence-electron chi connectivity index (χ4n) is 1.33. The fraction of sp³-hybridized carbons (Fsp3) is 0.273. The molecular weight excluding hydrogens is 194 g/mol. The first-order valence-corrected chi connectivity index (χ1v) is 4.71. The molecule has 0 spiro atoms. The van der Waals surface area contributed by atoms with Gasteiger partial charge in [0.25, 0.3) is 5.56 Å². The molecule has 1 heterocycles. The minimum atomic E-state index is -1.08. The van der Waals surface area contributed by atoms with Gasteiger partial charge in [-0.1, -0.05) is 12.1 Å². The van der Waals surface area contributed by atoms with Gasteiger partial charge in [0, 0.05) is 12.6 Å². The molecule has 0 saturated heterocycles. The molecule has 0 bridgehead atoms. The van der Waals surface area contributed by atoms with Gasteiger partial charge in [0.2, 0.25) is 0 Å². The van der Waals surface area contributed by atoms with Crippen molar-refractivity contribution in [2.75, 3.05) is 0 Å². The molecule has 0 amide bonds. The number of pyridine rings is 1. The Morgan fingerprint density at radius 2 is 2.27 bits per heavy atom. The van der Waals surface area contributed by atoms with Gasteiger partial charge in [0.1, 0.15) is 5.69 Å². The standard InChI is InChI=1S/C11H13NO3/c1-2-3-4-8-12-9(11(14)15)6-5-7-10(12)13/h2,5-7H,1,3-4,8H2,(H,14,15). The maximum absolute atomic E-state index is 11.4. The lowest BCUT2D eigenvalue weighted by Gasteiger charge is -2.07. The number of aromatic carboxylic acids is 1. The van der Waals surface area contributed by atoms with Crippen molar-refractivity contribution < 1.29 is 9.90 Å². The number of hydrogen-bond donors (Lipinski definition) is 1. The smallest absolute Gasteiger partial charge is 0.352 e. The molecule has 4 nitrogen and oxygen atoms in total. The van der Waals surface area contributed by atoms with Crippen LogP contribution in [-0.4, -0.2) is 15.6 Å². The van der Waals surface area contributed by atoms with E-state index in [4.69, 9.17) is 5.11 Å². The van der Waals surface area contributed by atoms with Gasteiger partial charge in [-0.15, -0.1) is 6.58 Å². The second-order valence-corrected chi connectivity index (χ2v) is 3.14. The summed E-state index contributed by atoms with van der Waals surface area (Å²) < 4.78 is 1.27. The number of aromatic nitrogens is 1. The number of rotatable bonds is 5. The van der Waals surface area contributed by atoms with E-state index in [-0.39, 0.29) is 11.3 Å². The summed E-state index contributed by atoms with van der Waals surface area (Å²) in [5, 5.41) is 8.87. The highest BCUT2D eigenvalue weighted by molar-refractivity contribution is 5.85. The highest BCUT2D eigenvalue weighted by atomic mass is 16.4. The summed E-state index contributed by atoms with van der Waals surface area (Å²) >= 11 is 0. The van der Waals surface area contributed by atoms with E-state index in [1.807, 2.05) is 0 Å². The van der Waals surface area contributed by atoms with Crippen molar-refractivity contribution in [3.8, 4) is 0 Å². The number of nitrogens with zero attached hydrogens (tertiary/aromatic N) is 1. The van der Waals surface area contributed by atoms with Crippen LogP contribution in [-0.2, 0) is 6.54 Å². The van der Waals surface area contributed by atoms with E-state index in [2.05, 4.69) is 6.58 Å². The Labute approximate surface area is 87.5 Å². The molecule has 1 rings (SSSR count). The van der Waals surface area contributed by atoms with Crippen molar-refractivity contribution in [2.24, 2.45) is 0 Å². The molecule has 0 fully saturated rings. The summed E-state index contributed by atoms with van der Waals surface area (Å²) in [6, 6.07) is 4.24. The maximum atomic E-state index is 11.4. The summed E-state index contributed by atoms with van der Waals surface area (Å²) in [5.74, 6) is -1.08. The van der Waals surface area contributed by atoms with Crippen LogP contribution < -0.4 is 5.56 Å². The third-order valence-electron chi connectivity index (χ3n) is 2.06. The molecule has 0 aliphatic carbocycles. The zero-order valence-electron chi connectivity index (χ0n) is 8.35. The zero-order chi connectivity index (χ0) is 11.3. The van der Waals surface area contributed by atoms with E-state index >= 15 is 0 Å². The van der Waals surface area contributed by atoms with Gasteiger partial charge in [0.15, 0.2) is 0 Å². The first-order valence-electron chi connectivity index (χ1n) is 4.71. The Hall–Kier alpha value is -1.84. The van der Waals surface area contributed by atoms with Gasteiger partial charge >= 0.3 is 5.97 Å².